The molecule has 0 radical (unpaired) electrons. The minimum atomic E-state index is -0.848. The molecule has 1 atom stereocenters. The molecule has 7 nitrogen and oxygen atoms in total. The number of piperazine rings is 1. The Morgan fingerprint density at radius 3 is 2.29 bits per heavy atom. The van der Waals surface area contributed by atoms with Crippen molar-refractivity contribution in [1.29, 1.82) is 0 Å². The van der Waals surface area contributed by atoms with E-state index in [-0.39, 0.29) is 11.8 Å². The standard InChI is InChI=1S/C24H29N3O4/c28-23(20-6-2-1-3-7-20)26-15-13-25(14-16-26)21-8-10-22(11-9-21)31-18-19-5-4-12-27(17-19)24(29)30/h1-3,6-11,19H,4-5,12-18H2,(H,29,30)/t19-/m1/s1. The molecule has 4 rings (SSSR count). The van der Waals surface area contributed by atoms with Gasteiger partial charge >= 0.3 is 6.09 Å². The summed E-state index contributed by atoms with van der Waals surface area (Å²) in [6.07, 6.45) is 1.03. The second-order valence-electron chi connectivity index (χ2n) is 8.19. The minimum absolute atomic E-state index is 0.0909. The van der Waals surface area contributed by atoms with Crippen molar-refractivity contribution in [2.75, 3.05) is 50.8 Å². The number of ether oxygens (including phenoxy) is 1. The Bertz CT molecular complexity index is 879. The zero-order valence-corrected chi connectivity index (χ0v) is 17.7. The summed E-state index contributed by atoms with van der Waals surface area (Å²) in [4.78, 5) is 29.4. The molecular weight excluding hydrogens is 394 g/mol. The summed E-state index contributed by atoms with van der Waals surface area (Å²) in [5, 5.41) is 9.16. The maximum Gasteiger partial charge on any atom is 0.407 e. The highest BCUT2D eigenvalue weighted by molar-refractivity contribution is 5.94. The summed E-state index contributed by atoms with van der Waals surface area (Å²) < 4.78 is 5.92. The molecule has 2 saturated heterocycles. The summed E-state index contributed by atoms with van der Waals surface area (Å²) in [6, 6.07) is 17.5. The summed E-state index contributed by atoms with van der Waals surface area (Å²) in [6.45, 7) is 4.69. The number of amides is 2. The van der Waals surface area contributed by atoms with E-state index in [4.69, 9.17) is 9.84 Å². The number of benzene rings is 2. The van der Waals surface area contributed by atoms with Crippen LogP contribution in [-0.4, -0.2) is 72.8 Å². The van der Waals surface area contributed by atoms with E-state index in [9.17, 15) is 9.59 Å². The van der Waals surface area contributed by atoms with Gasteiger partial charge in [0, 0.05) is 56.4 Å². The number of rotatable bonds is 5. The van der Waals surface area contributed by atoms with E-state index in [1.807, 2.05) is 47.4 Å². The van der Waals surface area contributed by atoms with E-state index in [0.717, 1.165) is 42.9 Å². The van der Waals surface area contributed by atoms with Crippen LogP contribution in [0.1, 0.15) is 23.2 Å². The first kappa shape index (κ1) is 21.0. The highest BCUT2D eigenvalue weighted by atomic mass is 16.5. The van der Waals surface area contributed by atoms with Crippen LogP contribution in [0.3, 0.4) is 0 Å². The van der Waals surface area contributed by atoms with E-state index in [1.54, 1.807) is 0 Å². The van der Waals surface area contributed by atoms with Crippen molar-refractivity contribution < 1.29 is 19.4 Å². The Morgan fingerprint density at radius 1 is 0.903 bits per heavy atom. The number of hydrogen-bond donors (Lipinski definition) is 1. The van der Waals surface area contributed by atoms with Gasteiger partial charge in [0.2, 0.25) is 0 Å². The largest absolute Gasteiger partial charge is 0.493 e. The molecule has 0 spiro atoms. The number of nitrogens with zero attached hydrogens (tertiary/aromatic N) is 3. The number of hydrogen-bond acceptors (Lipinski definition) is 4. The van der Waals surface area contributed by atoms with Crippen LogP contribution in [0.25, 0.3) is 0 Å². The van der Waals surface area contributed by atoms with Gasteiger partial charge in [-0.25, -0.2) is 4.79 Å². The lowest BCUT2D eigenvalue weighted by atomic mass is 9.99. The number of likely N-dealkylation sites (tertiary alicyclic amines) is 1. The predicted molar refractivity (Wildman–Crippen MR) is 119 cm³/mol. The van der Waals surface area contributed by atoms with Crippen molar-refractivity contribution in [3.8, 4) is 5.75 Å². The van der Waals surface area contributed by atoms with Crippen LogP contribution >= 0.6 is 0 Å². The third kappa shape index (κ3) is 5.29. The average Bonchev–Trinajstić information content (AvgIpc) is 2.83. The first-order valence-electron chi connectivity index (χ1n) is 10.9. The predicted octanol–water partition coefficient (Wildman–Crippen LogP) is 3.42. The van der Waals surface area contributed by atoms with Gasteiger partial charge in [-0.3, -0.25) is 4.79 Å². The van der Waals surface area contributed by atoms with Gasteiger partial charge in [-0.1, -0.05) is 18.2 Å². The summed E-state index contributed by atoms with van der Waals surface area (Å²) in [5.74, 6) is 1.13. The fraction of sp³-hybridized carbons (Fsp3) is 0.417. The molecule has 1 N–H and O–H groups in total. The second kappa shape index (κ2) is 9.73. The molecule has 31 heavy (non-hydrogen) atoms. The Morgan fingerprint density at radius 2 is 1.61 bits per heavy atom. The van der Waals surface area contributed by atoms with Gasteiger partial charge in [-0.05, 0) is 49.2 Å². The zero-order valence-electron chi connectivity index (χ0n) is 17.7. The number of piperidine rings is 1. The number of carbonyl (C=O) groups excluding carboxylic acids is 1. The molecule has 0 saturated carbocycles. The third-order valence-electron chi connectivity index (χ3n) is 6.06. The van der Waals surface area contributed by atoms with Gasteiger partial charge in [-0.15, -0.1) is 0 Å². The third-order valence-corrected chi connectivity index (χ3v) is 6.06. The van der Waals surface area contributed by atoms with Crippen molar-refractivity contribution in [2.45, 2.75) is 12.8 Å². The number of carbonyl (C=O) groups is 2. The van der Waals surface area contributed by atoms with Gasteiger partial charge in [0.05, 0.1) is 6.61 Å². The Balaban J connectivity index is 1.25. The molecule has 0 unspecified atom stereocenters. The molecule has 2 aromatic rings. The molecule has 2 amide bonds. The van der Waals surface area contributed by atoms with Crippen LogP contribution in [0.4, 0.5) is 10.5 Å². The van der Waals surface area contributed by atoms with Crippen molar-refractivity contribution in [3.63, 3.8) is 0 Å². The van der Waals surface area contributed by atoms with Crippen LogP contribution < -0.4 is 9.64 Å². The molecule has 164 valence electrons. The average molecular weight is 424 g/mol. The van der Waals surface area contributed by atoms with Crippen LogP contribution in [0.5, 0.6) is 5.75 Å². The fourth-order valence-electron chi connectivity index (χ4n) is 4.27. The number of anilines is 1. The maximum absolute atomic E-state index is 12.6. The molecule has 7 heteroatoms. The van der Waals surface area contributed by atoms with Gasteiger partial charge in [0.25, 0.3) is 5.91 Å². The fourth-order valence-corrected chi connectivity index (χ4v) is 4.27. The topological polar surface area (TPSA) is 73.3 Å². The number of carboxylic acid groups (broad SMARTS) is 1. The normalized spacial score (nSPS) is 19.2. The van der Waals surface area contributed by atoms with Gasteiger partial charge in [0.1, 0.15) is 5.75 Å². The molecule has 0 aromatic heterocycles. The van der Waals surface area contributed by atoms with Crippen LogP contribution in [0.2, 0.25) is 0 Å². The Labute approximate surface area is 182 Å². The molecular formula is C24H29N3O4. The van der Waals surface area contributed by atoms with E-state index in [0.29, 0.717) is 32.8 Å². The summed E-state index contributed by atoms with van der Waals surface area (Å²) >= 11 is 0. The SMILES string of the molecule is O=C(O)N1CCC[C@@H](COc2ccc(N3CCN(C(=O)c4ccccc4)CC3)cc2)C1. The molecule has 2 aliphatic heterocycles. The second-order valence-corrected chi connectivity index (χ2v) is 8.19. The lowest BCUT2D eigenvalue weighted by Crippen LogP contribution is -2.48. The monoisotopic (exact) mass is 423 g/mol. The maximum atomic E-state index is 12.6. The van der Waals surface area contributed by atoms with E-state index in [2.05, 4.69) is 17.0 Å². The first-order chi connectivity index (χ1) is 15.1. The van der Waals surface area contributed by atoms with Gasteiger partial charge < -0.3 is 24.5 Å². The van der Waals surface area contributed by atoms with Crippen LogP contribution in [0.15, 0.2) is 54.6 Å². The highest BCUT2D eigenvalue weighted by Crippen LogP contribution is 2.23. The van der Waals surface area contributed by atoms with Gasteiger partial charge in [-0.2, -0.15) is 0 Å². The van der Waals surface area contributed by atoms with Crippen molar-refractivity contribution >= 4 is 17.7 Å². The molecule has 2 heterocycles. The first-order valence-corrected chi connectivity index (χ1v) is 10.9. The van der Waals surface area contributed by atoms with Crippen molar-refractivity contribution in [3.05, 3.63) is 60.2 Å². The van der Waals surface area contributed by atoms with Gasteiger partial charge in [0.15, 0.2) is 0 Å². The van der Waals surface area contributed by atoms with Crippen LogP contribution in [0, 0.1) is 5.92 Å². The molecule has 0 bridgehead atoms. The van der Waals surface area contributed by atoms with Crippen molar-refractivity contribution in [2.24, 2.45) is 5.92 Å². The van der Waals surface area contributed by atoms with E-state index >= 15 is 0 Å². The Hall–Kier alpha value is -3.22. The lowest BCUT2D eigenvalue weighted by molar-refractivity contribution is 0.0746. The Kier molecular flexibility index (Phi) is 6.60. The highest BCUT2D eigenvalue weighted by Gasteiger charge is 2.24. The molecule has 2 aromatic carbocycles. The minimum Gasteiger partial charge on any atom is -0.493 e. The smallest absolute Gasteiger partial charge is 0.407 e. The van der Waals surface area contributed by atoms with Crippen LogP contribution in [-0.2, 0) is 0 Å². The lowest BCUT2D eigenvalue weighted by Gasteiger charge is -2.36. The zero-order chi connectivity index (χ0) is 21.6. The molecule has 0 aliphatic carbocycles. The molecule has 2 fully saturated rings. The summed E-state index contributed by atoms with van der Waals surface area (Å²) in [7, 11) is 0. The quantitative estimate of drug-likeness (QED) is 0.798. The van der Waals surface area contributed by atoms with E-state index < -0.39 is 6.09 Å². The van der Waals surface area contributed by atoms with Crippen molar-refractivity contribution in [1.82, 2.24) is 9.80 Å². The summed E-state index contributed by atoms with van der Waals surface area (Å²) in [5.41, 5.74) is 1.86. The van der Waals surface area contributed by atoms with E-state index in [1.165, 1.54) is 4.90 Å². The molecule has 2 aliphatic rings.